The lowest BCUT2D eigenvalue weighted by molar-refractivity contribution is 0.0786. The molecule has 0 saturated carbocycles. The highest BCUT2D eigenvalue weighted by Crippen LogP contribution is 2.25. The maximum Gasteiger partial charge on any atom is 0.253 e. The van der Waals surface area contributed by atoms with Gasteiger partial charge in [-0.1, -0.05) is 0 Å². The lowest BCUT2D eigenvalue weighted by atomic mass is 10.0. The number of amides is 1. The zero-order valence-electron chi connectivity index (χ0n) is 15.4. The van der Waals surface area contributed by atoms with Gasteiger partial charge in [-0.25, -0.2) is 14.4 Å². The van der Waals surface area contributed by atoms with Crippen LogP contribution in [0.3, 0.4) is 0 Å². The third kappa shape index (κ3) is 3.25. The Morgan fingerprint density at radius 2 is 2.22 bits per heavy atom. The fourth-order valence-electron chi connectivity index (χ4n) is 3.68. The van der Waals surface area contributed by atoms with Crippen LogP contribution in [-0.4, -0.2) is 45.5 Å². The summed E-state index contributed by atoms with van der Waals surface area (Å²) in [5.41, 5.74) is 2.10. The molecular weight excluding hydrogens is 347 g/mol. The van der Waals surface area contributed by atoms with Gasteiger partial charge in [-0.2, -0.15) is 0 Å². The molecule has 27 heavy (non-hydrogen) atoms. The van der Waals surface area contributed by atoms with Gasteiger partial charge in [-0.05, 0) is 42.7 Å². The Balaban J connectivity index is 1.46. The highest BCUT2D eigenvalue weighted by atomic mass is 19.1. The van der Waals surface area contributed by atoms with E-state index in [2.05, 4.69) is 9.97 Å². The standard InChI is InChI=1S/C20H21FN4O2/c1-24-18(23-16-4-3-8-22-19(16)24)10-13-7-9-25(12-13)20(26)14-5-6-17(27-2)15(21)11-14/h3-6,8,11,13H,7,9-10,12H2,1-2H3. The molecule has 140 valence electrons. The van der Waals surface area contributed by atoms with Gasteiger partial charge in [0.15, 0.2) is 17.2 Å². The van der Waals surface area contributed by atoms with Crippen molar-refractivity contribution < 1.29 is 13.9 Å². The number of fused-ring (bicyclic) bond motifs is 1. The van der Waals surface area contributed by atoms with Crippen LogP contribution in [0.2, 0.25) is 0 Å². The summed E-state index contributed by atoms with van der Waals surface area (Å²) < 4.78 is 20.8. The fourth-order valence-corrected chi connectivity index (χ4v) is 3.68. The second-order valence-corrected chi connectivity index (χ2v) is 6.89. The Kier molecular flexibility index (Phi) is 4.51. The van der Waals surface area contributed by atoms with E-state index >= 15 is 0 Å². The van der Waals surface area contributed by atoms with Crippen LogP contribution in [0, 0.1) is 11.7 Å². The van der Waals surface area contributed by atoms with E-state index in [0.717, 1.165) is 29.8 Å². The van der Waals surface area contributed by atoms with E-state index in [4.69, 9.17) is 4.74 Å². The summed E-state index contributed by atoms with van der Waals surface area (Å²) in [5.74, 6) is 0.768. The molecule has 1 aromatic carbocycles. The molecule has 1 saturated heterocycles. The Bertz CT molecular complexity index is 1000. The van der Waals surface area contributed by atoms with Crippen molar-refractivity contribution in [1.82, 2.24) is 19.4 Å². The van der Waals surface area contributed by atoms with Crippen molar-refractivity contribution in [2.24, 2.45) is 13.0 Å². The highest BCUT2D eigenvalue weighted by Gasteiger charge is 2.28. The number of methoxy groups -OCH3 is 1. The molecule has 0 bridgehead atoms. The van der Waals surface area contributed by atoms with Crippen LogP contribution in [0.25, 0.3) is 11.2 Å². The van der Waals surface area contributed by atoms with Crippen molar-refractivity contribution >= 4 is 17.1 Å². The maximum atomic E-state index is 13.9. The maximum absolute atomic E-state index is 13.9. The van der Waals surface area contributed by atoms with Gasteiger partial charge in [0.2, 0.25) is 0 Å². The van der Waals surface area contributed by atoms with E-state index in [1.807, 2.05) is 23.7 Å². The first-order valence-electron chi connectivity index (χ1n) is 8.96. The monoisotopic (exact) mass is 368 g/mol. The predicted octanol–water partition coefficient (Wildman–Crippen LogP) is 2.82. The summed E-state index contributed by atoms with van der Waals surface area (Å²) >= 11 is 0. The van der Waals surface area contributed by atoms with Gasteiger partial charge in [0.1, 0.15) is 11.3 Å². The van der Waals surface area contributed by atoms with Crippen LogP contribution < -0.4 is 4.74 Å². The molecule has 6 nitrogen and oxygen atoms in total. The van der Waals surface area contributed by atoms with Gasteiger partial charge in [0.05, 0.1) is 7.11 Å². The Labute approximate surface area is 156 Å². The van der Waals surface area contributed by atoms with Gasteiger partial charge < -0.3 is 14.2 Å². The summed E-state index contributed by atoms with van der Waals surface area (Å²) in [4.78, 5) is 23.5. The first-order valence-corrected chi connectivity index (χ1v) is 8.96. The second-order valence-electron chi connectivity index (χ2n) is 6.89. The average molecular weight is 368 g/mol. The average Bonchev–Trinajstić information content (AvgIpc) is 3.27. The molecule has 0 N–H and O–H groups in total. The SMILES string of the molecule is COc1ccc(C(=O)N2CCC(Cc3nc4cccnc4n3C)C2)cc1F. The quantitative estimate of drug-likeness (QED) is 0.711. The van der Waals surface area contributed by atoms with Crippen molar-refractivity contribution in [2.45, 2.75) is 12.8 Å². The van der Waals surface area contributed by atoms with Gasteiger partial charge in [0.25, 0.3) is 5.91 Å². The number of rotatable bonds is 4. The second kappa shape index (κ2) is 6.98. The number of pyridine rings is 1. The smallest absolute Gasteiger partial charge is 0.253 e. The highest BCUT2D eigenvalue weighted by molar-refractivity contribution is 5.94. The molecular formula is C20H21FN4O2. The third-order valence-corrected chi connectivity index (χ3v) is 5.16. The van der Waals surface area contributed by atoms with E-state index in [0.29, 0.717) is 24.6 Å². The van der Waals surface area contributed by atoms with Gasteiger partial charge >= 0.3 is 0 Å². The lowest BCUT2D eigenvalue weighted by Gasteiger charge is -2.17. The lowest BCUT2D eigenvalue weighted by Crippen LogP contribution is -2.29. The largest absolute Gasteiger partial charge is 0.494 e. The molecule has 7 heteroatoms. The summed E-state index contributed by atoms with van der Waals surface area (Å²) in [7, 11) is 3.37. The summed E-state index contributed by atoms with van der Waals surface area (Å²) in [6.07, 6.45) is 3.45. The number of hydrogen-bond acceptors (Lipinski definition) is 4. The minimum atomic E-state index is -0.522. The number of halogens is 1. The molecule has 0 aliphatic carbocycles. The number of carbonyl (C=O) groups excluding carboxylic acids is 1. The van der Waals surface area contributed by atoms with Crippen molar-refractivity contribution in [3.8, 4) is 5.75 Å². The normalized spacial score (nSPS) is 16.9. The molecule has 1 fully saturated rings. The molecule has 1 amide bonds. The van der Waals surface area contributed by atoms with Crippen LogP contribution >= 0.6 is 0 Å². The zero-order valence-corrected chi connectivity index (χ0v) is 15.4. The number of aromatic nitrogens is 3. The van der Waals surface area contributed by atoms with E-state index in [1.54, 1.807) is 17.2 Å². The predicted molar refractivity (Wildman–Crippen MR) is 99.2 cm³/mol. The van der Waals surface area contributed by atoms with Crippen LogP contribution in [0.1, 0.15) is 22.6 Å². The van der Waals surface area contributed by atoms with Crippen LogP contribution in [0.5, 0.6) is 5.75 Å². The minimum Gasteiger partial charge on any atom is -0.494 e. The van der Waals surface area contributed by atoms with Crippen LogP contribution in [0.4, 0.5) is 4.39 Å². The molecule has 4 rings (SSSR count). The van der Waals surface area contributed by atoms with Crippen LogP contribution in [0.15, 0.2) is 36.5 Å². The van der Waals surface area contributed by atoms with Gasteiger partial charge in [0, 0.05) is 38.3 Å². The molecule has 1 atom stereocenters. The Morgan fingerprint density at radius 3 is 2.96 bits per heavy atom. The van der Waals surface area contributed by atoms with Crippen LogP contribution in [-0.2, 0) is 13.5 Å². The fraction of sp³-hybridized carbons (Fsp3) is 0.350. The van der Waals surface area contributed by atoms with E-state index in [-0.39, 0.29) is 11.7 Å². The van der Waals surface area contributed by atoms with E-state index in [9.17, 15) is 9.18 Å². The Morgan fingerprint density at radius 1 is 1.37 bits per heavy atom. The number of benzene rings is 1. The molecule has 3 aromatic rings. The number of aryl methyl sites for hydroxylation is 1. The number of likely N-dealkylation sites (tertiary alicyclic amines) is 1. The number of carbonyl (C=O) groups is 1. The topological polar surface area (TPSA) is 60.2 Å². The summed E-state index contributed by atoms with van der Waals surface area (Å²) in [6, 6.07) is 8.17. The van der Waals surface area contributed by atoms with Crippen molar-refractivity contribution in [1.29, 1.82) is 0 Å². The van der Waals surface area contributed by atoms with Crippen molar-refractivity contribution in [2.75, 3.05) is 20.2 Å². The van der Waals surface area contributed by atoms with Gasteiger partial charge in [-0.3, -0.25) is 4.79 Å². The zero-order chi connectivity index (χ0) is 19.0. The van der Waals surface area contributed by atoms with E-state index in [1.165, 1.54) is 19.2 Å². The number of hydrogen-bond donors (Lipinski definition) is 0. The minimum absolute atomic E-state index is 0.140. The summed E-state index contributed by atoms with van der Waals surface area (Å²) in [6.45, 7) is 1.31. The van der Waals surface area contributed by atoms with E-state index < -0.39 is 5.82 Å². The molecule has 0 spiro atoms. The number of nitrogens with zero attached hydrogens (tertiary/aromatic N) is 4. The molecule has 1 unspecified atom stereocenters. The van der Waals surface area contributed by atoms with Crippen molar-refractivity contribution in [3.05, 3.63) is 53.7 Å². The first kappa shape index (κ1) is 17.5. The molecule has 0 radical (unpaired) electrons. The summed E-state index contributed by atoms with van der Waals surface area (Å²) in [5, 5.41) is 0. The first-order chi connectivity index (χ1) is 13.1. The van der Waals surface area contributed by atoms with Crippen molar-refractivity contribution in [3.63, 3.8) is 0 Å². The third-order valence-electron chi connectivity index (χ3n) is 5.16. The molecule has 1 aliphatic heterocycles. The Hall–Kier alpha value is -2.96. The van der Waals surface area contributed by atoms with Gasteiger partial charge in [-0.15, -0.1) is 0 Å². The number of ether oxygens (including phenoxy) is 1. The molecule has 3 heterocycles. The number of imidazole rings is 1. The molecule has 1 aliphatic rings. The molecule has 2 aromatic heterocycles.